The van der Waals surface area contributed by atoms with Crippen LogP contribution in [0.5, 0.6) is 11.5 Å². The SMILES string of the molecule is COc1ccc2c(c1)nc(-c1c(O)ccc3ccccc13)n2C. The summed E-state index contributed by atoms with van der Waals surface area (Å²) in [7, 11) is 3.60. The molecule has 0 aliphatic rings. The summed E-state index contributed by atoms with van der Waals surface area (Å²) >= 11 is 0. The number of methoxy groups -OCH3 is 1. The third-order valence-electron chi connectivity index (χ3n) is 4.22. The minimum atomic E-state index is 0.231. The molecule has 0 atom stereocenters. The molecule has 114 valence electrons. The number of phenols is 1. The molecule has 1 N–H and O–H groups in total. The molecule has 3 aromatic carbocycles. The number of phenolic OH excluding ortho intramolecular Hbond substituents is 1. The summed E-state index contributed by atoms with van der Waals surface area (Å²) < 4.78 is 7.27. The van der Waals surface area contributed by atoms with Crippen molar-refractivity contribution < 1.29 is 9.84 Å². The smallest absolute Gasteiger partial charge is 0.145 e. The second-order valence-electron chi connectivity index (χ2n) is 5.53. The normalized spacial score (nSPS) is 11.2. The number of nitrogens with zero attached hydrogens (tertiary/aromatic N) is 2. The first-order chi connectivity index (χ1) is 11.2. The zero-order chi connectivity index (χ0) is 16.0. The lowest BCUT2D eigenvalue weighted by atomic mass is 10.0. The van der Waals surface area contributed by atoms with Crippen molar-refractivity contribution >= 4 is 21.8 Å². The largest absolute Gasteiger partial charge is 0.507 e. The number of aromatic nitrogens is 2. The Morgan fingerprint density at radius 3 is 2.70 bits per heavy atom. The maximum atomic E-state index is 10.4. The number of rotatable bonds is 2. The Morgan fingerprint density at radius 2 is 1.87 bits per heavy atom. The molecule has 0 fully saturated rings. The molecule has 4 aromatic rings. The second-order valence-corrected chi connectivity index (χ2v) is 5.53. The molecule has 4 rings (SSSR count). The standard InChI is InChI=1S/C19H16N2O2/c1-21-16-9-8-13(23-2)11-15(16)20-19(21)18-14-6-4-3-5-12(14)7-10-17(18)22/h3-11,22H,1-2H3. The number of ether oxygens (including phenoxy) is 1. The molecule has 4 heteroatoms. The molecule has 0 radical (unpaired) electrons. The number of benzene rings is 3. The highest BCUT2D eigenvalue weighted by Gasteiger charge is 2.16. The topological polar surface area (TPSA) is 47.3 Å². The van der Waals surface area contributed by atoms with Crippen molar-refractivity contribution in [1.82, 2.24) is 9.55 Å². The summed E-state index contributed by atoms with van der Waals surface area (Å²) in [4.78, 5) is 4.73. The predicted molar refractivity (Wildman–Crippen MR) is 91.9 cm³/mol. The van der Waals surface area contributed by atoms with Gasteiger partial charge in [0.15, 0.2) is 0 Å². The van der Waals surface area contributed by atoms with E-state index >= 15 is 0 Å². The number of hydrogen-bond donors (Lipinski definition) is 1. The summed E-state index contributed by atoms with van der Waals surface area (Å²) in [6.45, 7) is 0. The van der Waals surface area contributed by atoms with Gasteiger partial charge in [0.25, 0.3) is 0 Å². The Balaban J connectivity index is 2.06. The molecule has 0 aliphatic heterocycles. The van der Waals surface area contributed by atoms with Gasteiger partial charge in [-0.1, -0.05) is 30.3 Å². The lowest BCUT2D eigenvalue weighted by Crippen LogP contribution is -1.94. The van der Waals surface area contributed by atoms with E-state index in [0.29, 0.717) is 0 Å². The fourth-order valence-corrected chi connectivity index (χ4v) is 3.03. The van der Waals surface area contributed by atoms with Crippen molar-refractivity contribution in [2.45, 2.75) is 0 Å². The molecule has 0 aliphatic carbocycles. The van der Waals surface area contributed by atoms with Crippen LogP contribution in [0, 0.1) is 0 Å². The highest BCUT2D eigenvalue weighted by Crippen LogP contribution is 2.37. The Hall–Kier alpha value is -3.01. The molecule has 0 saturated heterocycles. The minimum Gasteiger partial charge on any atom is -0.507 e. The summed E-state index contributed by atoms with van der Waals surface area (Å²) in [6.07, 6.45) is 0. The molecule has 0 bridgehead atoms. The monoisotopic (exact) mass is 304 g/mol. The Morgan fingerprint density at radius 1 is 1.04 bits per heavy atom. The lowest BCUT2D eigenvalue weighted by molar-refractivity contribution is 0.415. The second kappa shape index (κ2) is 5.02. The average molecular weight is 304 g/mol. The van der Waals surface area contributed by atoms with Gasteiger partial charge < -0.3 is 14.4 Å². The van der Waals surface area contributed by atoms with Gasteiger partial charge in [0, 0.05) is 13.1 Å². The van der Waals surface area contributed by atoms with Crippen molar-refractivity contribution in [3.05, 3.63) is 54.6 Å². The van der Waals surface area contributed by atoms with E-state index in [9.17, 15) is 5.11 Å². The van der Waals surface area contributed by atoms with Gasteiger partial charge in [0.1, 0.15) is 17.3 Å². The summed E-state index contributed by atoms with van der Waals surface area (Å²) in [6, 6.07) is 17.4. The highest BCUT2D eigenvalue weighted by molar-refractivity contribution is 5.99. The van der Waals surface area contributed by atoms with Gasteiger partial charge in [0.2, 0.25) is 0 Å². The van der Waals surface area contributed by atoms with Crippen LogP contribution >= 0.6 is 0 Å². The summed E-state index contributed by atoms with van der Waals surface area (Å²) in [5, 5.41) is 12.5. The molecule has 4 nitrogen and oxygen atoms in total. The van der Waals surface area contributed by atoms with E-state index in [0.717, 1.165) is 38.9 Å². The summed E-state index contributed by atoms with van der Waals surface area (Å²) in [5.41, 5.74) is 2.59. The van der Waals surface area contributed by atoms with E-state index in [2.05, 4.69) is 0 Å². The van der Waals surface area contributed by atoms with E-state index in [4.69, 9.17) is 9.72 Å². The molecular weight excluding hydrogens is 288 g/mol. The van der Waals surface area contributed by atoms with E-state index in [1.54, 1.807) is 13.2 Å². The van der Waals surface area contributed by atoms with Crippen molar-refractivity contribution in [3.8, 4) is 22.9 Å². The van der Waals surface area contributed by atoms with E-state index < -0.39 is 0 Å². The first-order valence-electron chi connectivity index (χ1n) is 7.40. The van der Waals surface area contributed by atoms with Gasteiger partial charge in [-0.2, -0.15) is 0 Å². The first-order valence-corrected chi connectivity index (χ1v) is 7.40. The average Bonchev–Trinajstić information content (AvgIpc) is 2.90. The molecule has 23 heavy (non-hydrogen) atoms. The molecule has 0 unspecified atom stereocenters. The maximum Gasteiger partial charge on any atom is 0.145 e. The van der Waals surface area contributed by atoms with Crippen LogP contribution in [0.4, 0.5) is 0 Å². The maximum absolute atomic E-state index is 10.4. The Bertz CT molecular complexity index is 1030. The van der Waals surface area contributed by atoms with Crippen LogP contribution in [0.2, 0.25) is 0 Å². The van der Waals surface area contributed by atoms with E-state index in [1.807, 2.05) is 60.1 Å². The number of aryl methyl sites for hydroxylation is 1. The number of hydrogen-bond acceptors (Lipinski definition) is 3. The first kappa shape index (κ1) is 13.6. The summed E-state index contributed by atoms with van der Waals surface area (Å²) in [5.74, 6) is 1.74. The number of imidazole rings is 1. The van der Waals surface area contributed by atoms with Crippen LogP contribution in [0.15, 0.2) is 54.6 Å². The van der Waals surface area contributed by atoms with Crippen LogP contribution in [0.3, 0.4) is 0 Å². The molecule has 1 aromatic heterocycles. The van der Waals surface area contributed by atoms with Gasteiger partial charge >= 0.3 is 0 Å². The third kappa shape index (κ3) is 2.03. The zero-order valence-corrected chi connectivity index (χ0v) is 12.9. The number of fused-ring (bicyclic) bond motifs is 2. The fraction of sp³-hybridized carbons (Fsp3) is 0.105. The van der Waals surface area contributed by atoms with Crippen LogP contribution in [0.1, 0.15) is 0 Å². The molecule has 1 heterocycles. The van der Waals surface area contributed by atoms with E-state index in [1.165, 1.54) is 0 Å². The van der Waals surface area contributed by atoms with Gasteiger partial charge in [0.05, 0.1) is 23.7 Å². The predicted octanol–water partition coefficient (Wildman–Crippen LogP) is 4.11. The van der Waals surface area contributed by atoms with Crippen molar-refractivity contribution in [3.63, 3.8) is 0 Å². The number of aromatic hydroxyl groups is 1. The van der Waals surface area contributed by atoms with E-state index in [-0.39, 0.29) is 5.75 Å². The van der Waals surface area contributed by atoms with Crippen molar-refractivity contribution in [2.24, 2.45) is 7.05 Å². The van der Waals surface area contributed by atoms with Crippen LogP contribution < -0.4 is 4.74 Å². The Kier molecular flexibility index (Phi) is 2.98. The third-order valence-corrected chi connectivity index (χ3v) is 4.22. The van der Waals surface area contributed by atoms with Gasteiger partial charge in [-0.3, -0.25) is 0 Å². The molecule has 0 saturated carbocycles. The van der Waals surface area contributed by atoms with Crippen LogP contribution in [0.25, 0.3) is 33.2 Å². The molecular formula is C19H16N2O2. The lowest BCUT2D eigenvalue weighted by Gasteiger charge is -2.09. The fourth-order valence-electron chi connectivity index (χ4n) is 3.03. The van der Waals surface area contributed by atoms with Crippen LogP contribution in [-0.4, -0.2) is 21.8 Å². The molecule has 0 spiro atoms. The van der Waals surface area contributed by atoms with Crippen LogP contribution in [-0.2, 0) is 7.05 Å². The highest BCUT2D eigenvalue weighted by atomic mass is 16.5. The van der Waals surface area contributed by atoms with Gasteiger partial charge in [-0.05, 0) is 29.0 Å². The van der Waals surface area contributed by atoms with Gasteiger partial charge in [-0.15, -0.1) is 0 Å². The van der Waals surface area contributed by atoms with Crippen molar-refractivity contribution in [2.75, 3.05) is 7.11 Å². The molecule has 0 amide bonds. The van der Waals surface area contributed by atoms with Crippen molar-refractivity contribution in [1.29, 1.82) is 0 Å². The minimum absolute atomic E-state index is 0.231. The quantitative estimate of drug-likeness (QED) is 0.606. The van der Waals surface area contributed by atoms with Gasteiger partial charge in [-0.25, -0.2) is 4.98 Å². The Labute approximate surface area is 133 Å². The zero-order valence-electron chi connectivity index (χ0n) is 12.9.